The molecule has 0 saturated heterocycles. The quantitative estimate of drug-likeness (QED) is 0.655. The zero-order valence-electron chi connectivity index (χ0n) is 15.6. The average molecular weight is 379 g/mol. The Labute approximate surface area is 162 Å². The lowest BCUT2D eigenvalue weighted by Gasteiger charge is -2.27. The third-order valence-corrected chi connectivity index (χ3v) is 6.08. The minimum absolute atomic E-state index is 0.00937. The molecule has 2 atom stereocenters. The largest absolute Gasteiger partial charge is 0.497 e. The van der Waals surface area contributed by atoms with Crippen molar-refractivity contribution < 1.29 is 23.8 Å². The molecule has 3 aliphatic rings. The van der Waals surface area contributed by atoms with E-state index in [-0.39, 0.29) is 23.2 Å². The Morgan fingerprint density at radius 1 is 1.18 bits per heavy atom. The van der Waals surface area contributed by atoms with Crippen molar-refractivity contribution in [3.8, 4) is 17.2 Å². The van der Waals surface area contributed by atoms with Gasteiger partial charge in [0.15, 0.2) is 0 Å². The molecule has 1 fully saturated rings. The number of rotatable bonds is 3. The highest BCUT2D eigenvalue weighted by atomic mass is 16.5. The Bertz CT molecular complexity index is 985. The molecule has 1 saturated carbocycles. The summed E-state index contributed by atoms with van der Waals surface area (Å²) < 4.78 is 16.8. The van der Waals surface area contributed by atoms with Crippen LogP contribution >= 0.6 is 0 Å². The number of ether oxygens (including phenoxy) is 3. The SMILES string of the molecule is COc1ccc2c(c1)[C@@]1(CCO2)C[C@@H]1C(=O)Oc1ccc2c(c1)NC(=O)CC2. The third-order valence-electron chi connectivity index (χ3n) is 6.08. The molecule has 2 heterocycles. The van der Waals surface area contributed by atoms with Gasteiger partial charge < -0.3 is 19.5 Å². The van der Waals surface area contributed by atoms with Crippen LogP contribution in [0.25, 0.3) is 0 Å². The normalized spacial score (nSPS) is 24.5. The van der Waals surface area contributed by atoms with Gasteiger partial charge in [0.25, 0.3) is 0 Å². The van der Waals surface area contributed by atoms with Gasteiger partial charge in [-0.3, -0.25) is 9.59 Å². The summed E-state index contributed by atoms with van der Waals surface area (Å²) in [6.45, 7) is 0.591. The van der Waals surface area contributed by atoms with E-state index in [0.717, 1.165) is 41.2 Å². The summed E-state index contributed by atoms with van der Waals surface area (Å²) in [7, 11) is 1.63. The maximum absolute atomic E-state index is 12.9. The highest BCUT2D eigenvalue weighted by Gasteiger charge is 2.62. The minimum Gasteiger partial charge on any atom is -0.497 e. The van der Waals surface area contributed by atoms with E-state index in [0.29, 0.717) is 25.2 Å². The van der Waals surface area contributed by atoms with Crippen LogP contribution < -0.4 is 19.5 Å². The average Bonchev–Trinajstić information content (AvgIpc) is 3.42. The van der Waals surface area contributed by atoms with Gasteiger partial charge in [0, 0.05) is 29.2 Å². The van der Waals surface area contributed by atoms with E-state index in [4.69, 9.17) is 14.2 Å². The van der Waals surface area contributed by atoms with Crippen LogP contribution in [0.15, 0.2) is 36.4 Å². The van der Waals surface area contributed by atoms with E-state index in [2.05, 4.69) is 5.32 Å². The van der Waals surface area contributed by atoms with Gasteiger partial charge in [-0.15, -0.1) is 0 Å². The second-order valence-electron chi connectivity index (χ2n) is 7.66. The highest BCUT2D eigenvalue weighted by molar-refractivity contribution is 5.94. The van der Waals surface area contributed by atoms with Crippen molar-refractivity contribution in [1.29, 1.82) is 0 Å². The van der Waals surface area contributed by atoms with Gasteiger partial charge in [0.1, 0.15) is 17.2 Å². The molecule has 0 bridgehead atoms. The van der Waals surface area contributed by atoms with Gasteiger partial charge >= 0.3 is 5.97 Å². The third kappa shape index (κ3) is 2.71. The fourth-order valence-electron chi connectivity index (χ4n) is 4.42. The molecule has 1 N–H and O–H groups in total. The number of anilines is 1. The molecule has 1 spiro atoms. The van der Waals surface area contributed by atoms with Crippen LogP contribution in [-0.2, 0) is 21.4 Å². The number of hydrogen-bond donors (Lipinski definition) is 1. The standard InChI is InChI=1S/C22H21NO5/c1-26-14-5-6-19-16(10-14)22(8-9-27-19)12-17(22)21(25)28-15-4-2-13-3-7-20(24)23-18(13)11-15/h2,4-6,10-11,17H,3,7-9,12H2,1H3,(H,23,24)/t17-,22-/m1/s1. The summed E-state index contributed by atoms with van der Waals surface area (Å²) in [4.78, 5) is 24.5. The lowest BCUT2D eigenvalue weighted by molar-refractivity contribution is -0.136. The summed E-state index contributed by atoms with van der Waals surface area (Å²) in [5.41, 5.74) is 2.58. The number of amides is 1. The zero-order valence-corrected chi connectivity index (χ0v) is 15.6. The second kappa shape index (κ2) is 6.26. The summed E-state index contributed by atoms with van der Waals surface area (Å²) in [5.74, 6) is 1.59. The fourth-order valence-corrected chi connectivity index (χ4v) is 4.42. The van der Waals surface area contributed by atoms with Crippen LogP contribution in [0.1, 0.15) is 30.4 Å². The van der Waals surface area contributed by atoms with Crippen LogP contribution in [0.3, 0.4) is 0 Å². The Morgan fingerprint density at radius 2 is 2.04 bits per heavy atom. The summed E-state index contributed by atoms with van der Waals surface area (Å²) in [6.07, 6.45) is 2.73. The number of fused-ring (bicyclic) bond motifs is 3. The van der Waals surface area contributed by atoms with Gasteiger partial charge in [-0.25, -0.2) is 0 Å². The van der Waals surface area contributed by atoms with Crippen LogP contribution in [0.2, 0.25) is 0 Å². The van der Waals surface area contributed by atoms with Gasteiger partial charge in [-0.2, -0.15) is 0 Å². The number of esters is 1. The Hall–Kier alpha value is -3.02. The lowest BCUT2D eigenvalue weighted by Crippen LogP contribution is -2.26. The van der Waals surface area contributed by atoms with Crippen LogP contribution in [0.5, 0.6) is 17.2 Å². The monoisotopic (exact) mass is 379 g/mol. The van der Waals surface area contributed by atoms with Crippen LogP contribution in [0.4, 0.5) is 5.69 Å². The molecule has 2 aromatic rings. The van der Waals surface area contributed by atoms with E-state index in [9.17, 15) is 9.59 Å². The zero-order chi connectivity index (χ0) is 19.3. The van der Waals surface area contributed by atoms with E-state index < -0.39 is 0 Å². The Balaban J connectivity index is 1.36. The summed E-state index contributed by atoms with van der Waals surface area (Å²) >= 11 is 0. The molecule has 28 heavy (non-hydrogen) atoms. The summed E-state index contributed by atoms with van der Waals surface area (Å²) in [5, 5.41) is 2.84. The number of hydrogen-bond acceptors (Lipinski definition) is 5. The fraction of sp³-hybridized carbons (Fsp3) is 0.364. The van der Waals surface area contributed by atoms with Crippen molar-refractivity contribution >= 4 is 17.6 Å². The Kier molecular flexibility index (Phi) is 3.82. The number of methoxy groups -OCH3 is 1. The lowest BCUT2D eigenvalue weighted by atomic mass is 9.87. The number of aryl methyl sites for hydroxylation is 1. The minimum atomic E-state index is -0.238. The first-order valence-corrected chi connectivity index (χ1v) is 9.55. The number of nitrogens with one attached hydrogen (secondary N) is 1. The Morgan fingerprint density at radius 3 is 2.89 bits per heavy atom. The smallest absolute Gasteiger partial charge is 0.315 e. The van der Waals surface area contributed by atoms with Crippen molar-refractivity contribution in [3.63, 3.8) is 0 Å². The first-order chi connectivity index (χ1) is 13.6. The number of carbonyl (C=O) groups is 2. The van der Waals surface area contributed by atoms with Crippen LogP contribution in [-0.4, -0.2) is 25.6 Å². The van der Waals surface area contributed by atoms with Gasteiger partial charge in [0.2, 0.25) is 5.91 Å². The number of benzene rings is 2. The maximum Gasteiger partial charge on any atom is 0.315 e. The van der Waals surface area contributed by atoms with Gasteiger partial charge in [0.05, 0.1) is 19.6 Å². The maximum atomic E-state index is 12.9. The van der Waals surface area contributed by atoms with E-state index >= 15 is 0 Å². The molecular formula is C22H21NO5. The van der Waals surface area contributed by atoms with E-state index in [1.807, 2.05) is 24.3 Å². The predicted molar refractivity (Wildman–Crippen MR) is 102 cm³/mol. The highest BCUT2D eigenvalue weighted by Crippen LogP contribution is 2.61. The van der Waals surface area contributed by atoms with E-state index in [1.165, 1.54) is 0 Å². The molecule has 6 heteroatoms. The molecular weight excluding hydrogens is 358 g/mol. The van der Waals surface area contributed by atoms with Crippen molar-refractivity contribution in [2.24, 2.45) is 5.92 Å². The first kappa shape index (κ1) is 17.1. The molecule has 1 amide bonds. The molecule has 2 aromatic carbocycles. The van der Waals surface area contributed by atoms with Crippen molar-refractivity contribution in [1.82, 2.24) is 0 Å². The van der Waals surface area contributed by atoms with Crippen molar-refractivity contribution in [3.05, 3.63) is 47.5 Å². The molecule has 0 unspecified atom stereocenters. The van der Waals surface area contributed by atoms with Gasteiger partial charge in [-0.1, -0.05) is 6.07 Å². The van der Waals surface area contributed by atoms with Crippen LogP contribution in [0, 0.1) is 5.92 Å². The summed E-state index contributed by atoms with van der Waals surface area (Å²) in [6, 6.07) is 11.2. The first-order valence-electron chi connectivity index (χ1n) is 9.55. The molecule has 144 valence electrons. The molecule has 6 nitrogen and oxygen atoms in total. The molecule has 0 radical (unpaired) electrons. The molecule has 0 aromatic heterocycles. The van der Waals surface area contributed by atoms with Crippen molar-refractivity contribution in [2.75, 3.05) is 19.0 Å². The van der Waals surface area contributed by atoms with Crippen molar-refractivity contribution in [2.45, 2.75) is 31.1 Å². The van der Waals surface area contributed by atoms with E-state index in [1.54, 1.807) is 19.2 Å². The second-order valence-corrected chi connectivity index (χ2v) is 7.66. The predicted octanol–water partition coefficient (Wildman–Crippen LogP) is 3.23. The topological polar surface area (TPSA) is 73.9 Å². The van der Waals surface area contributed by atoms with Gasteiger partial charge in [-0.05, 0) is 49.1 Å². The number of carbonyl (C=O) groups excluding carboxylic acids is 2. The molecule has 2 aliphatic heterocycles. The molecule has 5 rings (SSSR count). The molecule has 1 aliphatic carbocycles.